The first-order valence-electron chi connectivity index (χ1n) is 4.43. The van der Waals surface area contributed by atoms with Crippen LogP contribution in [0.3, 0.4) is 0 Å². The largest absolute Gasteiger partial charge is 0.101 e. The summed E-state index contributed by atoms with van der Waals surface area (Å²) >= 11 is 0. The number of hydrogen-bond acceptors (Lipinski definition) is 1. The average molecular weight is 155 g/mol. The zero-order valence-electron chi connectivity index (χ0n) is 5.74. The van der Waals surface area contributed by atoms with Crippen LogP contribution in [0.5, 0.6) is 0 Å². The van der Waals surface area contributed by atoms with E-state index in [1.807, 2.05) is 0 Å². The fraction of sp³-hybridized carbons (Fsp3) is 1.00. The third-order valence-electron chi connectivity index (χ3n) is 5.72. The van der Waals surface area contributed by atoms with Gasteiger partial charge in [-0.3, -0.25) is 0 Å². The van der Waals surface area contributed by atoms with E-state index in [9.17, 15) is 8.96 Å². The van der Waals surface area contributed by atoms with Crippen molar-refractivity contribution >= 4 is 0 Å². The quantitative estimate of drug-likeness (QED) is 0.514. The van der Waals surface area contributed by atoms with Gasteiger partial charge >= 0.3 is 0 Å². The summed E-state index contributed by atoms with van der Waals surface area (Å²) in [5.74, 6) is 4.58. The lowest BCUT2D eigenvalue weighted by atomic mass is 8.99. The van der Waals surface area contributed by atoms with Gasteiger partial charge in [0.2, 0.25) is 0 Å². The normalized spacial score (nSPS) is 89.2. The molecule has 0 aromatic carbocycles. The Morgan fingerprint density at radius 1 is 0.818 bits per heavy atom. The Kier molecular flexibility index (Phi) is 0.371. The van der Waals surface area contributed by atoms with Gasteiger partial charge in [0.05, 0.1) is 5.54 Å². The highest BCUT2D eigenvalue weighted by atomic mass is 19.4. The molecule has 6 aliphatic rings. The second-order valence-electron chi connectivity index (χ2n) is 5.01. The van der Waals surface area contributed by atoms with Crippen molar-refractivity contribution in [2.75, 3.05) is 0 Å². The predicted molar refractivity (Wildman–Crippen MR) is 31.2 cm³/mol. The molecule has 6 rings (SSSR count). The Bertz CT molecular complexity index is 250. The summed E-state index contributed by atoms with van der Waals surface area (Å²) in [7, 11) is 0. The maximum atomic E-state index is 12.5. The molecule has 3 heteroatoms. The Balaban J connectivity index is 1.73. The monoisotopic (exact) mass is 155 g/mol. The van der Waals surface area contributed by atoms with Gasteiger partial charge in [-0.2, -0.15) is 0 Å². The fourth-order valence-corrected chi connectivity index (χ4v) is 5.71. The van der Waals surface area contributed by atoms with Crippen molar-refractivity contribution in [2.24, 2.45) is 41.4 Å². The smallest absolute Gasteiger partial charge is 0.0940 e. The van der Waals surface area contributed by atoms with E-state index in [0.29, 0.717) is 17.8 Å². The number of halogens is 2. The third kappa shape index (κ3) is 0.168. The zero-order chi connectivity index (χ0) is 7.12. The molecule has 0 radical (unpaired) electrons. The van der Waals surface area contributed by atoms with E-state index in [2.05, 4.69) is 0 Å². The Hall–Kier alpha value is -0.180. The highest BCUT2D eigenvalue weighted by Crippen LogP contribution is 3.03. The van der Waals surface area contributed by atoms with Crippen molar-refractivity contribution in [3.63, 3.8) is 0 Å². The van der Waals surface area contributed by atoms with Crippen LogP contribution in [0.2, 0.25) is 0 Å². The van der Waals surface area contributed by atoms with Gasteiger partial charge < -0.3 is 0 Å². The van der Waals surface area contributed by atoms with Gasteiger partial charge in [-0.1, -0.05) is 0 Å². The second kappa shape index (κ2) is 0.859. The molecule has 0 unspecified atom stereocenters. The van der Waals surface area contributed by atoms with Crippen molar-refractivity contribution in [3.05, 3.63) is 0 Å². The summed E-state index contributed by atoms with van der Waals surface area (Å²) in [6.07, 6.45) is 0. The zero-order valence-corrected chi connectivity index (χ0v) is 5.74. The van der Waals surface area contributed by atoms with Gasteiger partial charge in [0.25, 0.3) is 0 Å². The van der Waals surface area contributed by atoms with Crippen LogP contribution < -0.4 is 0 Å². The van der Waals surface area contributed by atoms with Crippen LogP contribution in [0.15, 0.2) is 0 Å². The molecule has 6 saturated carbocycles. The van der Waals surface area contributed by atoms with Crippen molar-refractivity contribution in [1.82, 2.24) is 5.34 Å². The first-order chi connectivity index (χ1) is 5.31. The molecule has 11 heavy (non-hydrogen) atoms. The molecule has 0 N–H and O–H groups in total. The maximum Gasteiger partial charge on any atom is 0.0940 e. The molecular weight excluding hydrogens is 148 g/mol. The van der Waals surface area contributed by atoms with Gasteiger partial charge in [-0.25, -0.2) is 0 Å². The molecule has 0 atom stereocenters. The van der Waals surface area contributed by atoms with Crippen LogP contribution in [0, 0.1) is 41.4 Å². The van der Waals surface area contributed by atoms with Crippen LogP contribution >= 0.6 is 0 Å². The minimum Gasteiger partial charge on any atom is -0.101 e. The van der Waals surface area contributed by atoms with Gasteiger partial charge in [-0.15, -0.1) is 8.96 Å². The lowest BCUT2D eigenvalue weighted by Gasteiger charge is -3.06. The molecule has 6 fully saturated rings. The molecule has 0 bridgehead atoms. The molecule has 0 aliphatic heterocycles. The van der Waals surface area contributed by atoms with Crippen molar-refractivity contribution in [3.8, 4) is 0 Å². The van der Waals surface area contributed by atoms with Gasteiger partial charge in [0.1, 0.15) is 0 Å². The molecule has 0 saturated heterocycles. The maximum absolute atomic E-state index is 12.5. The van der Waals surface area contributed by atoms with Crippen LogP contribution in [0.25, 0.3) is 0 Å². The summed E-state index contributed by atoms with van der Waals surface area (Å²) in [6, 6.07) is 0. The van der Waals surface area contributed by atoms with Crippen LogP contribution in [0.4, 0.5) is 8.96 Å². The van der Waals surface area contributed by atoms with E-state index < -0.39 is 10.9 Å². The molecule has 0 aromatic rings. The number of hydrogen-bond donors (Lipinski definition) is 0. The highest BCUT2D eigenvalue weighted by molar-refractivity contribution is 5.53. The molecule has 0 heterocycles. The van der Waals surface area contributed by atoms with E-state index in [0.717, 1.165) is 23.7 Å². The summed E-state index contributed by atoms with van der Waals surface area (Å²) in [6.45, 7) is 0. The minimum absolute atomic E-state index is 0.439. The van der Waals surface area contributed by atoms with Gasteiger partial charge in [-0.05, 0) is 41.4 Å². The first-order valence-corrected chi connectivity index (χ1v) is 4.43. The van der Waals surface area contributed by atoms with Crippen LogP contribution in [0.1, 0.15) is 0 Å². The van der Waals surface area contributed by atoms with Gasteiger partial charge in [0, 0.05) is 5.34 Å². The molecule has 0 aromatic heterocycles. The molecule has 1 nitrogen and oxygen atoms in total. The Morgan fingerprint density at radius 3 is 1.55 bits per heavy atom. The minimum atomic E-state index is -0.533. The van der Waals surface area contributed by atoms with Gasteiger partial charge in [0.15, 0.2) is 0 Å². The fourth-order valence-electron chi connectivity index (χ4n) is 5.71. The SMILES string of the molecule is FN(F)C12C3C4C5C3C1C5C42. The van der Waals surface area contributed by atoms with E-state index in [1.165, 1.54) is 0 Å². The van der Waals surface area contributed by atoms with E-state index in [1.54, 1.807) is 0 Å². The summed E-state index contributed by atoms with van der Waals surface area (Å²) in [4.78, 5) is 0. The molecule has 0 amide bonds. The van der Waals surface area contributed by atoms with Crippen LogP contribution in [-0.4, -0.2) is 10.9 Å². The van der Waals surface area contributed by atoms with E-state index in [4.69, 9.17) is 0 Å². The first kappa shape index (κ1) is 4.75. The molecular formula is C8H7F2N. The highest BCUT2D eigenvalue weighted by Gasteiger charge is 3.06. The molecule has 0 spiro atoms. The number of rotatable bonds is 1. The predicted octanol–water partition coefficient (Wildman–Crippen LogP) is 1.18. The lowest BCUT2D eigenvalue weighted by molar-refractivity contribution is -0.631. The summed E-state index contributed by atoms with van der Waals surface area (Å²) in [5.41, 5.74) is -0.533. The Labute approximate surface area is 62.2 Å². The molecule has 6 aliphatic carbocycles. The second-order valence-corrected chi connectivity index (χ2v) is 5.01. The average Bonchev–Trinajstić information content (AvgIpc) is 2.05. The van der Waals surface area contributed by atoms with E-state index >= 15 is 0 Å². The lowest BCUT2D eigenvalue weighted by Crippen LogP contribution is -3.10. The van der Waals surface area contributed by atoms with Crippen LogP contribution in [-0.2, 0) is 0 Å². The third-order valence-corrected chi connectivity index (χ3v) is 5.72. The summed E-state index contributed by atoms with van der Waals surface area (Å²) < 4.78 is 25.0. The standard InChI is InChI=1S/C8H7F2N/c9-11(10)8-5-2-1-3(5)7(8)4(1)6(2)8/h1-7H. The Morgan fingerprint density at radius 2 is 1.27 bits per heavy atom. The topological polar surface area (TPSA) is 3.24 Å². The summed E-state index contributed by atoms with van der Waals surface area (Å²) in [5, 5.41) is -0.439. The van der Waals surface area contributed by atoms with Crippen molar-refractivity contribution < 1.29 is 8.96 Å². The van der Waals surface area contributed by atoms with E-state index in [-0.39, 0.29) is 0 Å². The number of nitrogens with zero attached hydrogens (tertiary/aromatic N) is 1. The van der Waals surface area contributed by atoms with Crippen molar-refractivity contribution in [1.29, 1.82) is 0 Å². The van der Waals surface area contributed by atoms with Crippen molar-refractivity contribution in [2.45, 2.75) is 5.54 Å². The molecule has 58 valence electrons.